The van der Waals surface area contributed by atoms with Gasteiger partial charge in [-0.05, 0) is 35.4 Å². The second kappa shape index (κ2) is 7.72. The van der Waals surface area contributed by atoms with Gasteiger partial charge in [0.25, 0.3) is 0 Å². The van der Waals surface area contributed by atoms with Crippen molar-refractivity contribution in [1.29, 1.82) is 0 Å². The lowest BCUT2D eigenvalue weighted by atomic mass is 10.0. The number of rotatable bonds is 4. The van der Waals surface area contributed by atoms with Crippen LogP contribution >= 0.6 is 0 Å². The van der Waals surface area contributed by atoms with Crippen LogP contribution in [0.25, 0.3) is 22.2 Å². The van der Waals surface area contributed by atoms with Gasteiger partial charge in [-0.15, -0.1) is 0 Å². The van der Waals surface area contributed by atoms with Gasteiger partial charge in [0.1, 0.15) is 5.75 Å². The standard InChI is InChI=1S/C24H23N3O3/c28-22-10-9-17(15-19(22)18-5-2-1-3-6-18)16-26-11-13-27(14-12-26)21-8-4-7-20-23(21)30-24(29)25-20/h1-10,15,28H,11-14,16H2,(H,25,29). The number of fused-ring (bicyclic) bond motifs is 1. The first kappa shape index (κ1) is 18.5. The number of hydrogen-bond acceptors (Lipinski definition) is 5. The van der Waals surface area contributed by atoms with E-state index in [1.807, 2.05) is 54.6 Å². The summed E-state index contributed by atoms with van der Waals surface area (Å²) < 4.78 is 5.35. The summed E-state index contributed by atoms with van der Waals surface area (Å²) in [7, 11) is 0. The molecule has 0 aliphatic carbocycles. The number of phenols is 1. The van der Waals surface area contributed by atoms with Gasteiger partial charge in [0.2, 0.25) is 0 Å². The largest absolute Gasteiger partial charge is 0.507 e. The van der Waals surface area contributed by atoms with Crippen LogP contribution in [0.4, 0.5) is 5.69 Å². The molecule has 0 spiro atoms. The summed E-state index contributed by atoms with van der Waals surface area (Å²) in [6.07, 6.45) is 0. The molecular formula is C24H23N3O3. The molecule has 0 unspecified atom stereocenters. The molecule has 0 amide bonds. The highest BCUT2D eigenvalue weighted by Gasteiger charge is 2.20. The van der Waals surface area contributed by atoms with Gasteiger partial charge in [-0.25, -0.2) is 4.79 Å². The van der Waals surface area contributed by atoms with E-state index in [2.05, 4.69) is 20.9 Å². The third-order valence-corrected chi connectivity index (χ3v) is 5.69. The van der Waals surface area contributed by atoms with Crippen LogP contribution in [0.15, 0.2) is 75.9 Å². The number of nitrogens with one attached hydrogen (secondary N) is 1. The molecule has 0 bridgehead atoms. The Morgan fingerprint density at radius 2 is 1.73 bits per heavy atom. The SMILES string of the molecule is O=c1[nH]c2cccc(N3CCN(Cc4ccc(O)c(-c5ccccc5)c4)CC3)c2o1. The van der Waals surface area contributed by atoms with E-state index < -0.39 is 5.76 Å². The molecule has 2 heterocycles. The zero-order chi connectivity index (χ0) is 20.5. The highest BCUT2D eigenvalue weighted by atomic mass is 16.4. The Labute approximate surface area is 174 Å². The summed E-state index contributed by atoms with van der Waals surface area (Å²) in [6, 6.07) is 21.6. The minimum Gasteiger partial charge on any atom is -0.507 e. The van der Waals surface area contributed by atoms with Gasteiger partial charge >= 0.3 is 5.76 Å². The monoisotopic (exact) mass is 401 g/mol. The van der Waals surface area contributed by atoms with Crippen LogP contribution in [0, 0.1) is 0 Å². The van der Waals surface area contributed by atoms with E-state index in [9.17, 15) is 9.90 Å². The number of anilines is 1. The summed E-state index contributed by atoms with van der Waals surface area (Å²) in [5.41, 5.74) is 5.38. The number of piperazine rings is 1. The number of aromatic amines is 1. The average molecular weight is 401 g/mol. The Bertz CT molecular complexity index is 1220. The van der Waals surface area contributed by atoms with Gasteiger partial charge in [-0.2, -0.15) is 0 Å². The van der Waals surface area contributed by atoms with E-state index >= 15 is 0 Å². The molecule has 1 fully saturated rings. The molecule has 1 aromatic heterocycles. The van der Waals surface area contributed by atoms with Crippen LogP contribution in [0.3, 0.4) is 0 Å². The van der Waals surface area contributed by atoms with Crippen molar-refractivity contribution in [2.75, 3.05) is 31.1 Å². The van der Waals surface area contributed by atoms with Crippen molar-refractivity contribution < 1.29 is 9.52 Å². The number of nitrogens with zero attached hydrogens (tertiary/aromatic N) is 2. The normalized spacial score (nSPS) is 15.0. The van der Waals surface area contributed by atoms with Gasteiger partial charge in [0.05, 0.1) is 11.2 Å². The van der Waals surface area contributed by atoms with Crippen LogP contribution in [0.1, 0.15) is 5.56 Å². The molecule has 3 aromatic carbocycles. The fourth-order valence-corrected chi connectivity index (χ4v) is 4.14. The lowest BCUT2D eigenvalue weighted by Gasteiger charge is -2.36. The van der Waals surface area contributed by atoms with Crippen LogP contribution in [-0.2, 0) is 6.54 Å². The Kier molecular flexibility index (Phi) is 4.77. The summed E-state index contributed by atoms with van der Waals surface area (Å²) >= 11 is 0. The number of aromatic nitrogens is 1. The fraction of sp³-hybridized carbons (Fsp3) is 0.208. The van der Waals surface area contributed by atoms with Crippen LogP contribution in [-0.4, -0.2) is 41.2 Å². The molecule has 0 atom stereocenters. The zero-order valence-electron chi connectivity index (χ0n) is 16.5. The molecular weight excluding hydrogens is 378 g/mol. The minimum absolute atomic E-state index is 0.302. The molecule has 4 aromatic rings. The number of para-hydroxylation sites is 1. The first-order valence-electron chi connectivity index (χ1n) is 10.1. The van der Waals surface area contributed by atoms with E-state index in [-0.39, 0.29) is 0 Å². The lowest BCUT2D eigenvalue weighted by Crippen LogP contribution is -2.46. The maximum Gasteiger partial charge on any atom is 0.417 e. The summed E-state index contributed by atoms with van der Waals surface area (Å²) in [4.78, 5) is 19.0. The Morgan fingerprint density at radius 1 is 0.933 bits per heavy atom. The molecule has 1 aliphatic heterocycles. The number of H-pyrrole nitrogens is 1. The van der Waals surface area contributed by atoms with Gasteiger partial charge < -0.3 is 14.4 Å². The van der Waals surface area contributed by atoms with E-state index in [4.69, 9.17) is 4.42 Å². The summed E-state index contributed by atoms with van der Waals surface area (Å²) in [6.45, 7) is 4.37. The smallest absolute Gasteiger partial charge is 0.417 e. The Morgan fingerprint density at radius 3 is 2.53 bits per heavy atom. The zero-order valence-corrected chi connectivity index (χ0v) is 16.5. The molecule has 152 valence electrons. The molecule has 0 radical (unpaired) electrons. The fourth-order valence-electron chi connectivity index (χ4n) is 4.14. The molecule has 30 heavy (non-hydrogen) atoms. The van der Waals surface area contributed by atoms with Crippen LogP contribution in [0.5, 0.6) is 5.75 Å². The molecule has 2 N–H and O–H groups in total. The van der Waals surface area contributed by atoms with E-state index in [0.717, 1.165) is 55.1 Å². The molecule has 5 rings (SSSR count). The lowest BCUT2D eigenvalue weighted by molar-refractivity contribution is 0.250. The number of aromatic hydroxyl groups is 1. The Hall–Kier alpha value is -3.51. The minimum atomic E-state index is -0.419. The Balaban J connectivity index is 1.29. The first-order valence-corrected chi connectivity index (χ1v) is 10.1. The predicted molar refractivity (Wildman–Crippen MR) is 118 cm³/mol. The van der Waals surface area contributed by atoms with Crippen molar-refractivity contribution >= 4 is 16.8 Å². The predicted octanol–water partition coefficient (Wildman–Crippen LogP) is 3.82. The molecule has 1 saturated heterocycles. The van der Waals surface area contributed by atoms with E-state index in [0.29, 0.717) is 11.3 Å². The van der Waals surface area contributed by atoms with Crippen LogP contribution in [0.2, 0.25) is 0 Å². The quantitative estimate of drug-likeness (QED) is 0.544. The highest BCUT2D eigenvalue weighted by Crippen LogP contribution is 2.31. The molecule has 6 nitrogen and oxygen atoms in total. The third-order valence-electron chi connectivity index (χ3n) is 5.69. The topological polar surface area (TPSA) is 72.7 Å². The van der Waals surface area contributed by atoms with Gasteiger partial charge in [-0.3, -0.25) is 9.88 Å². The van der Waals surface area contributed by atoms with Crippen molar-refractivity contribution in [2.45, 2.75) is 6.54 Å². The van der Waals surface area contributed by atoms with Crippen molar-refractivity contribution in [3.05, 3.63) is 82.8 Å². The van der Waals surface area contributed by atoms with E-state index in [1.165, 1.54) is 5.56 Å². The van der Waals surface area contributed by atoms with Crippen LogP contribution < -0.4 is 10.7 Å². The summed E-state index contributed by atoms with van der Waals surface area (Å²) in [5, 5.41) is 10.3. The van der Waals surface area contributed by atoms with Crippen molar-refractivity contribution in [2.24, 2.45) is 0 Å². The second-order valence-electron chi connectivity index (χ2n) is 7.65. The van der Waals surface area contributed by atoms with Gasteiger partial charge in [-0.1, -0.05) is 42.5 Å². The molecule has 0 saturated carbocycles. The van der Waals surface area contributed by atoms with Gasteiger partial charge in [0, 0.05) is 38.3 Å². The number of phenolic OH excluding ortho intramolecular Hbond substituents is 1. The summed E-state index contributed by atoms with van der Waals surface area (Å²) in [5.74, 6) is -0.117. The maximum atomic E-state index is 11.6. The van der Waals surface area contributed by atoms with Gasteiger partial charge in [0.15, 0.2) is 5.58 Å². The molecule has 6 heteroatoms. The van der Waals surface area contributed by atoms with Crippen molar-refractivity contribution in [3.8, 4) is 16.9 Å². The first-order chi connectivity index (χ1) is 14.7. The highest BCUT2D eigenvalue weighted by molar-refractivity contribution is 5.86. The average Bonchev–Trinajstić information content (AvgIpc) is 3.16. The third kappa shape index (κ3) is 3.57. The second-order valence-corrected chi connectivity index (χ2v) is 7.65. The van der Waals surface area contributed by atoms with E-state index in [1.54, 1.807) is 6.07 Å². The van der Waals surface area contributed by atoms with Crippen molar-refractivity contribution in [3.63, 3.8) is 0 Å². The number of hydrogen-bond donors (Lipinski definition) is 2. The molecule has 1 aliphatic rings. The van der Waals surface area contributed by atoms with Crippen molar-refractivity contribution in [1.82, 2.24) is 9.88 Å². The maximum absolute atomic E-state index is 11.6. The number of oxazole rings is 1. The number of benzene rings is 3.